The average Bonchev–Trinajstić information content (AvgIpc) is 2.57. The zero-order valence-electron chi connectivity index (χ0n) is 14.0. The van der Waals surface area contributed by atoms with Gasteiger partial charge in [0.25, 0.3) is 0 Å². The molecule has 0 heterocycles. The molecule has 8 nitrogen and oxygen atoms in total. The number of hydrogen-bond donors (Lipinski definition) is 3. The molecule has 0 fully saturated rings. The Morgan fingerprint density at radius 1 is 1.08 bits per heavy atom. The summed E-state index contributed by atoms with van der Waals surface area (Å²) >= 11 is 5.98. The molecule has 2 aromatic carbocycles. The van der Waals surface area contributed by atoms with Gasteiger partial charge in [-0.3, -0.25) is 0 Å². The third-order valence-corrected chi connectivity index (χ3v) is 3.80. The van der Waals surface area contributed by atoms with E-state index < -0.39 is 34.8 Å². The van der Waals surface area contributed by atoms with E-state index in [1.54, 1.807) is 6.92 Å². The van der Waals surface area contributed by atoms with Crippen LogP contribution in [0.15, 0.2) is 18.2 Å². The number of phenols is 2. The van der Waals surface area contributed by atoms with Crippen molar-refractivity contribution >= 4 is 23.5 Å². The smallest absolute Gasteiger partial charge is 0.343 e. The number of carbonyl (C=O) groups is 2. The number of ether oxygens (including phenoxy) is 3. The third kappa shape index (κ3) is 3.45. The standard InChI is InChI=1S/C17H15ClO8/c1-7-4-9(19)12(16(21)22)10(5-7)26-15-8(17(23)25-3)6-11(24-2)13(18)14(15)20/h4-6,19-20H,1-3H3,(H,21,22). The minimum Gasteiger partial charge on any atom is -0.507 e. The Morgan fingerprint density at radius 3 is 2.27 bits per heavy atom. The fraction of sp³-hybridized carbons (Fsp3) is 0.176. The van der Waals surface area contributed by atoms with Crippen LogP contribution in [0.5, 0.6) is 28.7 Å². The first-order valence-electron chi connectivity index (χ1n) is 7.13. The van der Waals surface area contributed by atoms with Gasteiger partial charge in [0.2, 0.25) is 0 Å². The molecule has 0 bridgehead atoms. The predicted octanol–water partition coefficient (Wildman–Crippen LogP) is 3.35. The van der Waals surface area contributed by atoms with E-state index in [1.807, 2.05) is 0 Å². The van der Waals surface area contributed by atoms with Gasteiger partial charge in [0.05, 0.1) is 14.2 Å². The molecule has 0 unspecified atom stereocenters. The van der Waals surface area contributed by atoms with E-state index in [0.717, 1.165) is 7.11 Å². The second-order valence-corrected chi connectivity index (χ2v) is 5.55. The highest BCUT2D eigenvalue weighted by atomic mass is 35.5. The number of rotatable bonds is 5. The summed E-state index contributed by atoms with van der Waals surface area (Å²) in [5.74, 6) is -4.26. The highest BCUT2D eigenvalue weighted by Gasteiger charge is 2.26. The van der Waals surface area contributed by atoms with Gasteiger partial charge in [-0.05, 0) is 24.6 Å². The quantitative estimate of drug-likeness (QED) is 0.673. The number of esters is 1. The van der Waals surface area contributed by atoms with Crippen molar-refractivity contribution in [3.63, 3.8) is 0 Å². The van der Waals surface area contributed by atoms with Crippen molar-refractivity contribution in [2.45, 2.75) is 6.92 Å². The van der Waals surface area contributed by atoms with Crippen molar-refractivity contribution in [2.24, 2.45) is 0 Å². The van der Waals surface area contributed by atoms with Crippen LogP contribution in [0, 0.1) is 6.92 Å². The Hall–Kier alpha value is -3.13. The fourth-order valence-electron chi connectivity index (χ4n) is 2.26. The molecular weight excluding hydrogens is 368 g/mol. The summed E-state index contributed by atoms with van der Waals surface area (Å²) in [6.45, 7) is 1.60. The SMILES string of the molecule is COC(=O)c1cc(OC)c(Cl)c(O)c1Oc1cc(C)cc(O)c1C(=O)O. The Labute approximate surface area is 153 Å². The van der Waals surface area contributed by atoms with Crippen LogP contribution >= 0.6 is 11.6 Å². The molecule has 0 aliphatic heterocycles. The first kappa shape index (κ1) is 19.2. The molecule has 3 N–H and O–H groups in total. The molecule has 0 spiro atoms. The van der Waals surface area contributed by atoms with Gasteiger partial charge in [-0.15, -0.1) is 0 Å². The number of benzene rings is 2. The van der Waals surface area contributed by atoms with Gasteiger partial charge in [-0.25, -0.2) is 9.59 Å². The molecule has 9 heteroatoms. The number of carboxylic acids is 1. The van der Waals surface area contributed by atoms with Gasteiger partial charge in [0.15, 0.2) is 11.5 Å². The van der Waals surface area contributed by atoms with Crippen LogP contribution in [0.25, 0.3) is 0 Å². The topological polar surface area (TPSA) is 123 Å². The number of aromatic carboxylic acids is 1. The van der Waals surface area contributed by atoms with Crippen molar-refractivity contribution in [1.82, 2.24) is 0 Å². The highest BCUT2D eigenvalue weighted by molar-refractivity contribution is 6.34. The van der Waals surface area contributed by atoms with Crippen LogP contribution in [0.2, 0.25) is 5.02 Å². The zero-order chi connectivity index (χ0) is 19.6. The summed E-state index contributed by atoms with van der Waals surface area (Å²) in [4.78, 5) is 23.5. The van der Waals surface area contributed by atoms with Gasteiger partial charge in [-0.2, -0.15) is 0 Å². The molecule has 138 valence electrons. The van der Waals surface area contributed by atoms with Crippen LogP contribution in [-0.4, -0.2) is 41.5 Å². The third-order valence-electron chi connectivity index (χ3n) is 3.44. The summed E-state index contributed by atoms with van der Waals surface area (Å²) in [5, 5.41) is 29.3. The van der Waals surface area contributed by atoms with Gasteiger partial charge in [0.1, 0.15) is 33.4 Å². The van der Waals surface area contributed by atoms with E-state index in [-0.39, 0.29) is 22.1 Å². The Morgan fingerprint density at radius 2 is 1.73 bits per heavy atom. The van der Waals surface area contributed by atoms with Gasteiger partial charge in [-0.1, -0.05) is 11.6 Å². The molecule has 2 aromatic rings. The van der Waals surface area contributed by atoms with Gasteiger partial charge in [0, 0.05) is 6.07 Å². The summed E-state index contributed by atoms with van der Waals surface area (Å²) in [6, 6.07) is 3.74. The number of phenolic OH excluding ortho intramolecular Hbond substituents is 1. The lowest BCUT2D eigenvalue weighted by molar-refractivity contribution is 0.0596. The monoisotopic (exact) mass is 382 g/mol. The maximum absolute atomic E-state index is 12.0. The molecule has 0 amide bonds. The van der Waals surface area contributed by atoms with Crippen molar-refractivity contribution in [2.75, 3.05) is 14.2 Å². The summed E-state index contributed by atoms with van der Waals surface area (Å²) in [5.41, 5.74) is -0.303. The second-order valence-electron chi connectivity index (χ2n) is 5.17. The van der Waals surface area contributed by atoms with Crippen molar-refractivity contribution in [3.8, 4) is 28.7 Å². The maximum atomic E-state index is 12.0. The first-order chi connectivity index (χ1) is 12.2. The normalized spacial score (nSPS) is 10.3. The summed E-state index contributed by atoms with van der Waals surface area (Å²) < 4.78 is 15.1. The number of aromatic hydroxyl groups is 2. The van der Waals surface area contributed by atoms with E-state index >= 15 is 0 Å². The van der Waals surface area contributed by atoms with E-state index in [4.69, 9.17) is 21.1 Å². The molecule has 26 heavy (non-hydrogen) atoms. The number of methoxy groups -OCH3 is 2. The maximum Gasteiger partial charge on any atom is 0.343 e. The van der Waals surface area contributed by atoms with E-state index in [0.29, 0.717) is 5.56 Å². The summed E-state index contributed by atoms with van der Waals surface area (Å²) in [7, 11) is 2.40. The molecule has 0 aliphatic carbocycles. The van der Waals surface area contributed by atoms with E-state index in [9.17, 15) is 24.9 Å². The molecule has 0 atom stereocenters. The van der Waals surface area contributed by atoms with E-state index in [1.165, 1.54) is 25.3 Å². The molecular formula is C17H15ClO8. The minimum absolute atomic E-state index is 0.0116. The predicted molar refractivity (Wildman–Crippen MR) is 90.9 cm³/mol. The van der Waals surface area contributed by atoms with Crippen LogP contribution < -0.4 is 9.47 Å². The number of aryl methyl sites for hydroxylation is 1. The molecule has 0 saturated heterocycles. The van der Waals surface area contributed by atoms with Crippen molar-refractivity contribution in [1.29, 1.82) is 0 Å². The van der Waals surface area contributed by atoms with Gasteiger partial charge >= 0.3 is 11.9 Å². The lowest BCUT2D eigenvalue weighted by Crippen LogP contribution is -2.07. The van der Waals surface area contributed by atoms with E-state index in [2.05, 4.69) is 4.74 Å². The number of carboxylic acid groups (broad SMARTS) is 1. The van der Waals surface area contributed by atoms with Crippen LogP contribution in [0.1, 0.15) is 26.3 Å². The second kappa shape index (κ2) is 7.40. The van der Waals surface area contributed by atoms with Crippen molar-refractivity contribution in [3.05, 3.63) is 39.9 Å². The minimum atomic E-state index is -1.46. The Bertz CT molecular complexity index is 891. The lowest BCUT2D eigenvalue weighted by atomic mass is 10.1. The fourth-order valence-corrected chi connectivity index (χ4v) is 2.47. The average molecular weight is 383 g/mol. The summed E-state index contributed by atoms with van der Waals surface area (Å²) in [6.07, 6.45) is 0. The van der Waals surface area contributed by atoms with Gasteiger partial charge < -0.3 is 29.5 Å². The Balaban J connectivity index is 2.73. The zero-order valence-corrected chi connectivity index (χ0v) is 14.7. The molecule has 0 aromatic heterocycles. The lowest BCUT2D eigenvalue weighted by Gasteiger charge is -2.17. The molecule has 0 saturated carbocycles. The van der Waals surface area contributed by atoms with Crippen molar-refractivity contribution < 1.29 is 39.1 Å². The number of halogens is 1. The molecule has 0 radical (unpaired) electrons. The molecule has 2 rings (SSSR count). The highest BCUT2D eigenvalue weighted by Crippen LogP contribution is 2.46. The Kier molecular flexibility index (Phi) is 5.47. The van der Waals surface area contributed by atoms with Crippen LogP contribution in [0.3, 0.4) is 0 Å². The molecule has 0 aliphatic rings. The first-order valence-corrected chi connectivity index (χ1v) is 7.51. The number of carbonyl (C=O) groups excluding carboxylic acids is 1. The largest absolute Gasteiger partial charge is 0.507 e. The number of hydrogen-bond acceptors (Lipinski definition) is 7. The van der Waals surface area contributed by atoms with Crippen LogP contribution in [-0.2, 0) is 4.74 Å². The van der Waals surface area contributed by atoms with Crippen LogP contribution in [0.4, 0.5) is 0 Å².